The Morgan fingerprint density at radius 2 is 1.27 bits per heavy atom. The Morgan fingerprint density at radius 3 is 1.69 bits per heavy atom. The second-order valence-electron chi connectivity index (χ2n) is 5.50. The highest BCUT2D eigenvalue weighted by Crippen LogP contribution is 2.31. The van der Waals surface area contributed by atoms with E-state index in [1.807, 2.05) is 48.5 Å². The van der Waals surface area contributed by atoms with Crippen LogP contribution in [-0.4, -0.2) is 12.1 Å². The van der Waals surface area contributed by atoms with Crippen molar-refractivity contribution in [2.45, 2.75) is 31.1 Å². The lowest BCUT2D eigenvalue weighted by atomic mass is 10.3. The molecule has 0 saturated heterocycles. The number of aromatic nitrogens is 1. The summed E-state index contributed by atoms with van der Waals surface area (Å²) in [5.74, 6) is 2.38. The molecule has 0 fully saturated rings. The van der Waals surface area contributed by atoms with Gasteiger partial charge in [0.05, 0.1) is 18.5 Å². The molecule has 3 aromatic rings. The Bertz CT molecular complexity index is 817. The fourth-order valence-electron chi connectivity index (χ4n) is 2.35. The maximum Gasteiger partial charge on any atom is 0.122 e. The van der Waals surface area contributed by atoms with Crippen LogP contribution in [0.3, 0.4) is 0 Å². The van der Waals surface area contributed by atoms with Crippen molar-refractivity contribution in [1.29, 1.82) is 0 Å². The monoisotopic (exact) mass is 417 g/mol. The van der Waals surface area contributed by atoms with Crippen molar-refractivity contribution >= 4 is 48.8 Å². The molecule has 134 valence electrons. The van der Waals surface area contributed by atoms with E-state index < -0.39 is 0 Å². The average Bonchev–Trinajstić information content (AvgIpc) is 2.66. The van der Waals surface area contributed by atoms with Crippen LogP contribution in [-0.2, 0) is 11.5 Å². The molecule has 0 bridgehead atoms. The fourth-order valence-corrected chi connectivity index (χ4v) is 4.74. The third-order valence-electron chi connectivity index (χ3n) is 3.62. The molecule has 6 heteroatoms. The molecule has 0 spiro atoms. The van der Waals surface area contributed by atoms with E-state index in [9.17, 15) is 0 Å². The fraction of sp³-hybridized carbons (Fsp3) is 0.150. The first-order valence-corrected chi connectivity index (χ1v) is 10.9. The first-order chi connectivity index (χ1) is 12.7. The molecule has 0 N–H and O–H groups in total. The topological polar surface area (TPSA) is 22.1 Å². The lowest BCUT2D eigenvalue weighted by Gasteiger charge is -2.10. The highest BCUT2D eigenvalue weighted by atomic mass is 32.2. The molecule has 26 heavy (non-hydrogen) atoms. The molecule has 2 nitrogen and oxygen atoms in total. The summed E-state index contributed by atoms with van der Waals surface area (Å²) in [5.41, 5.74) is 2.00. The highest BCUT2D eigenvalue weighted by Gasteiger charge is 2.07. The van der Waals surface area contributed by atoms with Gasteiger partial charge in [0.1, 0.15) is 5.75 Å². The van der Waals surface area contributed by atoms with Gasteiger partial charge in [-0.3, -0.25) is 4.98 Å². The molecule has 0 aliphatic carbocycles. The summed E-state index contributed by atoms with van der Waals surface area (Å²) in [6.07, 6.45) is 0. The Balaban J connectivity index is 1.72. The number of benzene rings is 2. The minimum Gasteiger partial charge on any atom is -0.497 e. The second kappa shape index (κ2) is 9.65. The van der Waals surface area contributed by atoms with Crippen molar-refractivity contribution in [2.24, 2.45) is 0 Å². The number of rotatable bonds is 7. The number of hydrogen-bond acceptors (Lipinski definition) is 6. The summed E-state index contributed by atoms with van der Waals surface area (Å²) in [6, 6.07) is 20.2. The van der Waals surface area contributed by atoms with Crippen LogP contribution < -0.4 is 4.74 Å². The molecular formula is C20H19NOS4. The van der Waals surface area contributed by atoms with Gasteiger partial charge >= 0.3 is 0 Å². The van der Waals surface area contributed by atoms with Gasteiger partial charge in [-0.1, -0.05) is 24.3 Å². The van der Waals surface area contributed by atoms with E-state index in [4.69, 9.17) is 9.72 Å². The number of thiol groups is 2. The van der Waals surface area contributed by atoms with Gasteiger partial charge in [0, 0.05) is 43.2 Å². The van der Waals surface area contributed by atoms with Crippen molar-refractivity contribution < 1.29 is 4.74 Å². The van der Waals surface area contributed by atoms with Gasteiger partial charge in [-0.15, -0.1) is 48.8 Å². The predicted octanol–water partition coefficient (Wildman–Crippen LogP) is 6.25. The molecule has 0 saturated carbocycles. The second-order valence-corrected chi connectivity index (χ2v) is 8.50. The third-order valence-corrected chi connectivity index (χ3v) is 6.92. The van der Waals surface area contributed by atoms with Crippen molar-refractivity contribution in [3.63, 3.8) is 0 Å². The highest BCUT2D eigenvalue weighted by molar-refractivity contribution is 7.99. The number of thioether (sulfide) groups is 2. The SMILES string of the molecule is COc1cc(CSc2ccccc2S)nc(CSc2ccccc2S)c1. The van der Waals surface area contributed by atoms with E-state index in [1.54, 1.807) is 30.6 Å². The average molecular weight is 418 g/mol. The van der Waals surface area contributed by atoms with Crippen molar-refractivity contribution in [3.8, 4) is 5.75 Å². The molecule has 0 amide bonds. The molecule has 1 heterocycles. The van der Waals surface area contributed by atoms with Crippen LogP contribution >= 0.6 is 48.8 Å². The number of hydrogen-bond donors (Lipinski definition) is 2. The van der Waals surface area contributed by atoms with Gasteiger partial charge in [0.2, 0.25) is 0 Å². The van der Waals surface area contributed by atoms with Crippen LogP contribution in [0.25, 0.3) is 0 Å². The Kier molecular flexibility index (Phi) is 7.25. The summed E-state index contributed by atoms with van der Waals surface area (Å²) in [4.78, 5) is 9.08. The quantitative estimate of drug-likeness (QED) is 0.350. The van der Waals surface area contributed by atoms with Crippen molar-refractivity contribution in [3.05, 3.63) is 72.1 Å². The van der Waals surface area contributed by atoms with E-state index in [-0.39, 0.29) is 0 Å². The van der Waals surface area contributed by atoms with E-state index in [2.05, 4.69) is 37.4 Å². The Hall–Kier alpha value is -1.21. The van der Waals surface area contributed by atoms with Crippen molar-refractivity contribution in [2.75, 3.05) is 7.11 Å². The van der Waals surface area contributed by atoms with Gasteiger partial charge < -0.3 is 4.74 Å². The Labute approximate surface area is 174 Å². The lowest BCUT2D eigenvalue weighted by Crippen LogP contribution is -1.96. The molecule has 0 aliphatic heterocycles. The molecule has 0 aliphatic rings. The summed E-state index contributed by atoms with van der Waals surface area (Å²) >= 11 is 12.5. The summed E-state index contributed by atoms with van der Waals surface area (Å²) in [7, 11) is 1.69. The van der Waals surface area contributed by atoms with Crippen LogP contribution in [0, 0.1) is 0 Å². The minimum absolute atomic E-state index is 0.773. The van der Waals surface area contributed by atoms with Crippen LogP contribution in [0.2, 0.25) is 0 Å². The van der Waals surface area contributed by atoms with E-state index in [0.29, 0.717) is 0 Å². The van der Waals surface area contributed by atoms with Gasteiger partial charge in [-0.25, -0.2) is 0 Å². The zero-order valence-corrected chi connectivity index (χ0v) is 17.7. The predicted molar refractivity (Wildman–Crippen MR) is 117 cm³/mol. The molecule has 3 rings (SSSR count). The smallest absolute Gasteiger partial charge is 0.122 e. The van der Waals surface area contributed by atoms with Gasteiger partial charge in [-0.2, -0.15) is 0 Å². The maximum absolute atomic E-state index is 5.46. The van der Waals surface area contributed by atoms with Gasteiger partial charge in [0.25, 0.3) is 0 Å². The van der Waals surface area contributed by atoms with E-state index in [0.717, 1.165) is 48.2 Å². The van der Waals surface area contributed by atoms with Crippen LogP contribution in [0.5, 0.6) is 5.75 Å². The van der Waals surface area contributed by atoms with Crippen LogP contribution in [0.1, 0.15) is 11.4 Å². The lowest BCUT2D eigenvalue weighted by molar-refractivity contribution is 0.413. The van der Waals surface area contributed by atoms with Crippen LogP contribution in [0.15, 0.2) is 80.2 Å². The van der Waals surface area contributed by atoms with Gasteiger partial charge in [-0.05, 0) is 24.3 Å². The normalized spacial score (nSPS) is 10.7. The third kappa shape index (κ3) is 5.39. The van der Waals surface area contributed by atoms with Crippen LogP contribution in [0.4, 0.5) is 0 Å². The standard InChI is InChI=1S/C20H19NOS4/c1-22-16-10-14(12-25-19-8-4-2-6-17(19)23)21-15(11-16)13-26-20-9-5-3-7-18(20)24/h2-11,23-24H,12-13H2,1H3. The molecule has 1 aromatic heterocycles. The summed E-state index contributed by atoms with van der Waals surface area (Å²) in [5, 5.41) is 0. The summed E-state index contributed by atoms with van der Waals surface area (Å²) < 4.78 is 5.46. The van der Waals surface area contributed by atoms with E-state index in [1.165, 1.54) is 0 Å². The maximum atomic E-state index is 5.46. The van der Waals surface area contributed by atoms with Gasteiger partial charge in [0.15, 0.2) is 0 Å². The molecule has 0 radical (unpaired) electrons. The van der Waals surface area contributed by atoms with E-state index >= 15 is 0 Å². The first kappa shape index (κ1) is 19.5. The number of nitrogens with zero attached hydrogens (tertiary/aromatic N) is 1. The number of pyridine rings is 1. The molecule has 0 unspecified atom stereocenters. The summed E-state index contributed by atoms with van der Waals surface area (Å²) in [6.45, 7) is 0. The number of methoxy groups -OCH3 is 1. The minimum atomic E-state index is 0.773. The number of ether oxygens (including phenoxy) is 1. The molecular weight excluding hydrogens is 398 g/mol. The Morgan fingerprint density at radius 1 is 0.808 bits per heavy atom. The van der Waals surface area contributed by atoms with Crippen molar-refractivity contribution in [1.82, 2.24) is 4.98 Å². The zero-order valence-electron chi connectivity index (χ0n) is 14.3. The largest absolute Gasteiger partial charge is 0.497 e. The zero-order chi connectivity index (χ0) is 18.4. The molecule has 0 atom stereocenters. The molecule has 2 aromatic carbocycles. The first-order valence-electron chi connectivity index (χ1n) is 8.01.